The molecule has 0 aliphatic carbocycles. The fourth-order valence-corrected chi connectivity index (χ4v) is 4.65. The van der Waals surface area contributed by atoms with Crippen LogP contribution in [-0.2, 0) is 0 Å². The van der Waals surface area contributed by atoms with Crippen LogP contribution < -0.4 is 9.47 Å². The topological polar surface area (TPSA) is 43.2 Å². The molecule has 0 bridgehead atoms. The fourth-order valence-electron chi connectivity index (χ4n) is 4.65. The molecule has 222 valence electrons. The molecule has 40 heavy (non-hydrogen) atoms. The first kappa shape index (κ1) is 33.6. The predicted molar refractivity (Wildman–Crippen MR) is 172 cm³/mol. The van der Waals surface area contributed by atoms with Crippen LogP contribution in [0.2, 0.25) is 0 Å². The van der Waals surface area contributed by atoms with Crippen molar-refractivity contribution in [1.29, 1.82) is 0 Å². The Morgan fingerprint density at radius 1 is 0.625 bits per heavy atom. The lowest BCUT2D eigenvalue weighted by Gasteiger charge is -2.11. The number of azo groups is 1. The summed E-state index contributed by atoms with van der Waals surface area (Å²) >= 11 is 0. The molecule has 0 fully saturated rings. The third-order valence-corrected chi connectivity index (χ3v) is 7.31. The molecule has 0 saturated heterocycles. The SMILES string of the molecule is CCCCCCCCCCCCCCOc1ccc(N=Nc2ccc(OCCC(C)CCC=C(C)C)cc2)cc1. The van der Waals surface area contributed by atoms with E-state index in [4.69, 9.17) is 9.47 Å². The van der Waals surface area contributed by atoms with Crippen LogP contribution in [0.4, 0.5) is 11.4 Å². The summed E-state index contributed by atoms with van der Waals surface area (Å²) in [5.41, 5.74) is 3.03. The summed E-state index contributed by atoms with van der Waals surface area (Å²) in [4.78, 5) is 0. The van der Waals surface area contributed by atoms with Crippen molar-refractivity contribution in [3.05, 3.63) is 60.2 Å². The van der Waals surface area contributed by atoms with Crippen LogP contribution in [0.25, 0.3) is 0 Å². The number of unbranched alkanes of at least 4 members (excludes halogenated alkanes) is 11. The van der Waals surface area contributed by atoms with E-state index in [-0.39, 0.29) is 0 Å². The lowest BCUT2D eigenvalue weighted by Crippen LogP contribution is -2.04. The van der Waals surface area contributed by atoms with E-state index in [1.165, 1.54) is 82.6 Å². The van der Waals surface area contributed by atoms with Crippen LogP contribution in [0, 0.1) is 5.92 Å². The highest BCUT2D eigenvalue weighted by Gasteiger charge is 2.03. The molecule has 0 aliphatic rings. The number of hydrogen-bond donors (Lipinski definition) is 0. The smallest absolute Gasteiger partial charge is 0.119 e. The molecule has 2 rings (SSSR count). The zero-order valence-corrected chi connectivity index (χ0v) is 26.0. The first-order valence-electron chi connectivity index (χ1n) is 16.1. The Bertz CT molecular complexity index is 930. The van der Waals surface area contributed by atoms with Gasteiger partial charge < -0.3 is 9.47 Å². The van der Waals surface area contributed by atoms with Gasteiger partial charge in [0.25, 0.3) is 0 Å². The standard InChI is InChI=1S/C36H56N2O2/c1-5-6-7-8-9-10-11-12-13-14-15-16-29-39-35-24-20-33(21-25-35)37-38-34-22-26-36(27-23-34)40-30-28-32(4)19-17-18-31(2)3/h18,20-27,32H,5-17,19,28-30H2,1-4H3. The third-order valence-electron chi connectivity index (χ3n) is 7.31. The average molecular weight is 549 g/mol. The summed E-state index contributed by atoms with van der Waals surface area (Å²) < 4.78 is 11.8. The second-order valence-corrected chi connectivity index (χ2v) is 11.5. The van der Waals surface area contributed by atoms with Crippen molar-refractivity contribution < 1.29 is 9.47 Å². The van der Waals surface area contributed by atoms with Crippen LogP contribution in [0.1, 0.15) is 124 Å². The molecule has 0 N–H and O–H groups in total. The van der Waals surface area contributed by atoms with Crippen molar-refractivity contribution in [2.45, 2.75) is 124 Å². The highest BCUT2D eigenvalue weighted by Crippen LogP contribution is 2.24. The highest BCUT2D eigenvalue weighted by atomic mass is 16.5. The number of ether oxygens (including phenoxy) is 2. The van der Waals surface area contributed by atoms with Crippen molar-refractivity contribution in [3.8, 4) is 11.5 Å². The molecule has 0 amide bonds. The first-order valence-corrected chi connectivity index (χ1v) is 16.1. The van der Waals surface area contributed by atoms with Crippen molar-refractivity contribution >= 4 is 11.4 Å². The van der Waals surface area contributed by atoms with E-state index in [1.807, 2.05) is 48.5 Å². The van der Waals surface area contributed by atoms with Crippen LogP contribution in [-0.4, -0.2) is 13.2 Å². The van der Waals surface area contributed by atoms with E-state index in [9.17, 15) is 0 Å². The number of hydrogen-bond acceptors (Lipinski definition) is 4. The minimum atomic E-state index is 0.662. The Morgan fingerprint density at radius 2 is 1.07 bits per heavy atom. The Kier molecular flexibility index (Phi) is 18.6. The summed E-state index contributed by atoms with van der Waals surface area (Å²) in [5.74, 6) is 2.44. The van der Waals surface area contributed by atoms with Gasteiger partial charge in [0.1, 0.15) is 11.5 Å². The molecule has 0 heterocycles. The van der Waals surface area contributed by atoms with Gasteiger partial charge in [-0.2, -0.15) is 10.2 Å². The summed E-state index contributed by atoms with van der Waals surface area (Å²) in [6, 6.07) is 15.7. The monoisotopic (exact) mass is 548 g/mol. The predicted octanol–water partition coefficient (Wildman–Crippen LogP) is 12.3. The summed E-state index contributed by atoms with van der Waals surface area (Å²) in [5, 5.41) is 8.73. The molecular weight excluding hydrogens is 492 g/mol. The summed E-state index contributed by atoms with van der Waals surface area (Å²) in [6.45, 7) is 10.4. The lowest BCUT2D eigenvalue weighted by atomic mass is 10.0. The van der Waals surface area contributed by atoms with E-state index in [0.29, 0.717) is 5.92 Å². The van der Waals surface area contributed by atoms with Gasteiger partial charge in [-0.1, -0.05) is 96.1 Å². The molecule has 0 saturated carbocycles. The number of allylic oxidation sites excluding steroid dienone is 2. The first-order chi connectivity index (χ1) is 19.6. The molecule has 0 aliphatic heterocycles. The van der Waals surface area contributed by atoms with Crippen molar-refractivity contribution in [1.82, 2.24) is 0 Å². The van der Waals surface area contributed by atoms with Crippen LogP contribution in [0.5, 0.6) is 11.5 Å². The molecule has 0 radical (unpaired) electrons. The second kappa shape index (κ2) is 22.1. The van der Waals surface area contributed by atoms with E-state index >= 15 is 0 Å². The maximum absolute atomic E-state index is 5.92. The normalized spacial score (nSPS) is 12.0. The summed E-state index contributed by atoms with van der Waals surface area (Å²) in [7, 11) is 0. The Labute approximate surface area is 245 Å². The van der Waals surface area contributed by atoms with Gasteiger partial charge in [-0.3, -0.25) is 0 Å². The van der Waals surface area contributed by atoms with E-state index in [0.717, 1.165) is 55.4 Å². The van der Waals surface area contributed by atoms with Gasteiger partial charge in [0.2, 0.25) is 0 Å². The maximum Gasteiger partial charge on any atom is 0.119 e. The largest absolute Gasteiger partial charge is 0.494 e. The highest BCUT2D eigenvalue weighted by molar-refractivity contribution is 5.44. The van der Waals surface area contributed by atoms with E-state index < -0.39 is 0 Å². The van der Waals surface area contributed by atoms with Crippen molar-refractivity contribution in [2.75, 3.05) is 13.2 Å². The zero-order valence-electron chi connectivity index (χ0n) is 26.0. The number of benzene rings is 2. The molecule has 2 aromatic rings. The van der Waals surface area contributed by atoms with E-state index in [1.54, 1.807) is 0 Å². The average Bonchev–Trinajstić information content (AvgIpc) is 2.95. The van der Waals surface area contributed by atoms with Gasteiger partial charge in [-0.25, -0.2) is 0 Å². The van der Waals surface area contributed by atoms with Crippen molar-refractivity contribution in [3.63, 3.8) is 0 Å². The van der Waals surface area contributed by atoms with Gasteiger partial charge in [0.15, 0.2) is 0 Å². The Morgan fingerprint density at radius 3 is 1.55 bits per heavy atom. The molecule has 1 unspecified atom stereocenters. The zero-order chi connectivity index (χ0) is 28.7. The molecule has 4 nitrogen and oxygen atoms in total. The minimum absolute atomic E-state index is 0.662. The van der Waals surface area contributed by atoms with Gasteiger partial charge in [-0.15, -0.1) is 0 Å². The lowest BCUT2D eigenvalue weighted by molar-refractivity contribution is 0.279. The van der Waals surface area contributed by atoms with Gasteiger partial charge >= 0.3 is 0 Å². The van der Waals surface area contributed by atoms with Gasteiger partial charge in [-0.05, 0) is 94.0 Å². The second-order valence-electron chi connectivity index (χ2n) is 11.5. The van der Waals surface area contributed by atoms with Crippen LogP contribution >= 0.6 is 0 Å². The number of rotatable bonds is 23. The molecule has 0 aromatic heterocycles. The Hall–Kier alpha value is -2.62. The maximum atomic E-state index is 5.92. The van der Waals surface area contributed by atoms with Crippen molar-refractivity contribution in [2.24, 2.45) is 16.1 Å². The molecule has 2 aromatic carbocycles. The molecule has 0 spiro atoms. The fraction of sp³-hybridized carbons (Fsp3) is 0.611. The molecule has 1 atom stereocenters. The van der Waals surface area contributed by atoms with Crippen LogP contribution in [0.3, 0.4) is 0 Å². The van der Waals surface area contributed by atoms with Gasteiger partial charge in [0, 0.05) is 0 Å². The Balaban J connectivity index is 1.54. The van der Waals surface area contributed by atoms with E-state index in [2.05, 4.69) is 44.0 Å². The van der Waals surface area contributed by atoms with Crippen LogP contribution in [0.15, 0.2) is 70.4 Å². The number of nitrogens with zero attached hydrogens (tertiary/aromatic N) is 2. The molecular formula is C36H56N2O2. The van der Waals surface area contributed by atoms with Gasteiger partial charge in [0.05, 0.1) is 24.6 Å². The third kappa shape index (κ3) is 17.2. The summed E-state index contributed by atoms with van der Waals surface area (Å²) in [6.07, 6.45) is 22.0. The minimum Gasteiger partial charge on any atom is -0.494 e. The quantitative estimate of drug-likeness (QED) is 0.0787. The molecule has 4 heteroatoms.